The van der Waals surface area contributed by atoms with Gasteiger partial charge in [-0.15, -0.1) is 0 Å². The van der Waals surface area contributed by atoms with Gasteiger partial charge in [0, 0.05) is 28.9 Å². The van der Waals surface area contributed by atoms with Gasteiger partial charge in [-0.05, 0) is 18.4 Å². The maximum atomic E-state index is 5.21. The lowest BCUT2D eigenvalue weighted by Gasteiger charge is -2.07. The highest BCUT2D eigenvalue weighted by molar-refractivity contribution is 7.08. The lowest BCUT2D eigenvalue weighted by Crippen LogP contribution is -2.02. The van der Waals surface area contributed by atoms with Gasteiger partial charge in [0.1, 0.15) is 5.75 Å². The van der Waals surface area contributed by atoms with Crippen LogP contribution in [0.5, 0.6) is 5.75 Å². The summed E-state index contributed by atoms with van der Waals surface area (Å²) in [6, 6.07) is 5.93. The molecule has 0 aliphatic heterocycles. The van der Waals surface area contributed by atoms with Crippen molar-refractivity contribution >= 4 is 17.0 Å². The van der Waals surface area contributed by atoms with Crippen LogP contribution in [0.2, 0.25) is 0 Å². The van der Waals surface area contributed by atoms with E-state index < -0.39 is 0 Å². The number of thiophene rings is 1. The maximum Gasteiger partial charge on any atom is 0.122 e. The van der Waals surface area contributed by atoms with Crippen LogP contribution in [0, 0.1) is 6.92 Å². The van der Waals surface area contributed by atoms with E-state index in [1.54, 1.807) is 18.4 Å². The number of hydrogen-bond donors (Lipinski definition) is 1. The lowest BCUT2D eigenvalue weighted by molar-refractivity contribution is 0.413. The highest BCUT2D eigenvalue weighted by atomic mass is 32.1. The Kier molecular flexibility index (Phi) is 3.41. The maximum absolute atomic E-state index is 5.21. The molecule has 2 aromatic rings. The molecule has 0 aliphatic rings. The van der Waals surface area contributed by atoms with E-state index in [4.69, 9.17) is 4.74 Å². The van der Waals surface area contributed by atoms with Crippen LogP contribution >= 0.6 is 11.3 Å². The minimum atomic E-state index is 0.717. The molecule has 2 rings (SSSR count). The normalized spacial score (nSPS) is 10.1. The molecule has 4 heteroatoms. The molecule has 2 aromatic heterocycles. The van der Waals surface area contributed by atoms with Gasteiger partial charge in [0.15, 0.2) is 0 Å². The second kappa shape index (κ2) is 4.99. The van der Waals surface area contributed by atoms with Gasteiger partial charge in [-0.1, -0.05) is 0 Å². The van der Waals surface area contributed by atoms with E-state index in [0.29, 0.717) is 0 Å². The van der Waals surface area contributed by atoms with Gasteiger partial charge in [0.05, 0.1) is 19.3 Å². The fourth-order valence-electron chi connectivity index (χ4n) is 1.47. The van der Waals surface area contributed by atoms with E-state index in [1.165, 1.54) is 0 Å². The predicted octanol–water partition coefficient (Wildman–Crippen LogP) is 3.07. The van der Waals surface area contributed by atoms with E-state index >= 15 is 0 Å². The standard InChI is InChI=1S/C12H14N2OS/c1-9-5-12(15-2)6-11(14-9)7-13-10-3-4-16-8-10/h3-6,8,13H,7H2,1-2H3. The minimum absolute atomic E-state index is 0.717. The molecule has 0 amide bonds. The highest BCUT2D eigenvalue weighted by Crippen LogP contribution is 2.16. The first-order chi connectivity index (χ1) is 7.78. The average molecular weight is 234 g/mol. The van der Waals surface area contributed by atoms with Crippen molar-refractivity contribution in [1.82, 2.24) is 4.98 Å². The van der Waals surface area contributed by atoms with Gasteiger partial charge in [-0.2, -0.15) is 11.3 Å². The monoisotopic (exact) mass is 234 g/mol. The third-order valence-corrected chi connectivity index (χ3v) is 2.89. The van der Waals surface area contributed by atoms with Crippen molar-refractivity contribution < 1.29 is 4.74 Å². The van der Waals surface area contributed by atoms with Crippen molar-refractivity contribution in [2.24, 2.45) is 0 Å². The first-order valence-electron chi connectivity index (χ1n) is 5.05. The molecule has 0 radical (unpaired) electrons. The number of rotatable bonds is 4. The summed E-state index contributed by atoms with van der Waals surface area (Å²) in [5, 5.41) is 7.44. The molecule has 16 heavy (non-hydrogen) atoms. The predicted molar refractivity (Wildman–Crippen MR) is 67.2 cm³/mol. The number of anilines is 1. The number of nitrogens with one attached hydrogen (secondary N) is 1. The van der Waals surface area contributed by atoms with Gasteiger partial charge < -0.3 is 10.1 Å². The SMILES string of the molecule is COc1cc(C)nc(CNc2ccsc2)c1. The number of nitrogens with zero attached hydrogens (tertiary/aromatic N) is 1. The largest absolute Gasteiger partial charge is 0.497 e. The van der Waals surface area contributed by atoms with Crippen LogP contribution in [0.15, 0.2) is 29.0 Å². The molecule has 0 aromatic carbocycles. The molecule has 2 heterocycles. The molecule has 0 atom stereocenters. The topological polar surface area (TPSA) is 34.1 Å². The fourth-order valence-corrected chi connectivity index (χ4v) is 2.08. The van der Waals surface area contributed by atoms with E-state index in [0.717, 1.165) is 29.4 Å². The molecule has 0 aliphatic carbocycles. The Morgan fingerprint density at radius 3 is 3.00 bits per heavy atom. The number of hydrogen-bond acceptors (Lipinski definition) is 4. The third kappa shape index (κ3) is 2.73. The first kappa shape index (κ1) is 11.0. The second-order valence-corrected chi connectivity index (χ2v) is 4.29. The average Bonchev–Trinajstić information content (AvgIpc) is 2.78. The molecule has 84 valence electrons. The molecule has 1 N–H and O–H groups in total. The Morgan fingerprint density at radius 1 is 1.44 bits per heavy atom. The molecule has 0 spiro atoms. The van der Waals surface area contributed by atoms with Gasteiger partial charge in [0.2, 0.25) is 0 Å². The van der Waals surface area contributed by atoms with E-state index in [9.17, 15) is 0 Å². The summed E-state index contributed by atoms with van der Waals surface area (Å²) in [4.78, 5) is 4.44. The Bertz CT molecular complexity index is 454. The molecular weight excluding hydrogens is 220 g/mol. The Morgan fingerprint density at radius 2 is 2.31 bits per heavy atom. The van der Waals surface area contributed by atoms with E-state index in [1.807, 2.05) is 24.4 Å². The zero-order chi connectivity index (χ0) is 11.4. The van der Waals surface area contributed by atoms with Crippen LogP contribution in [0.1, 0.15) is 11.4 Å². The zero-order valence-electron chi connectivity index (χ0n) is 9.36. The summed E-state index contributed by atoms with van der Waals surface area (Å²) in [6.45, 7) is 2.69. The van der Waals surface area contributed by atoms with Gasteiger partial charge in [-0.3, -0.25) is 4.98 Å². The van der Waals surface area contributed by atoms with Crippen LogP contribution in [0.4, 0.5) is 5.69 Å². The Balaban J connectivity index is 2.06. The second-order valence-electron chi connectivity index (χ2n) is 3.51. The molecule has 0 unspecified atom stereocenters. The molecule has 0 fully saturated rings. The first-order valence-corrected chi connectivity index (χ1v) is 6.00. The summed E-state index contributed by atoms with van der Waals surface area (Å²) in [7, 11) is 1.67. The Labute approximate surface area is 99.1 Å². The molecule has 0 bridgehead atoms. The van der Waals surface area contributed by atoms with Gasteiger partial charge >= 0.3 is 0 Å². The fraction of sp³-hybridized carbons (Fsp3) is 0.250. The van der Waals surface area contributed by atoms with Crippen LogP contribution in [0.3, 0.4) is 0 Å². The van der Waals surface area contributed by atoms with Crippen molar-refractivity contribution in [2.75, 3.05) is 12.4 Å². The van der Waals surface area contributed by atoms with Crippen molar-refractivity contribution in [3.63, 3.8) is 0 Å². The lowest BCUT2D eigenvalue weighted by atomic mass is 10.3. The summed E-state index contributed by atoms with van der Waals surface area (Å²) in [5.41, 5.74) is 3.09. The van der Waals surface area contributed by atoms with Crippen LogP contribution < -0.4 is 10.1 Å². The van der Waals surface area contributed by atoms with Gasteiger partial charge in [-0.25, -0.2) is 0 Å². The minimum Gasteiger partial charge on any atom is -0.497 e. The van der Waals surface area contributed by atoms with Crippen molar-refractivity contribution in [2.45, 2.75) is 13.5 Å². The van der Waals surface area contributed by atoms with Crippen LogP contribution in [0.25, 0.3) is 0 Å². The molecule has 3 nitrogen and oxygen atoms in total. The number of aryl methyl sites for hydroxylation is 1. The molecule has 0 saturated heterocycles. The number of ether oxygens (including phenoxy) is 1. The van der Waals surface area contributed by atoms with Crippen molar-refractivity contribution in [1.29, 1.82) is 0 Å². The smallest absolute Gasteiger partial charge is 0.122 e. The van der Waals surface area contributed by atoms with E-state index in [2.05, 4.69) is 21.7 Å². The summed E-state index contributed by atoms with van der Waals surface area (Å²) >= 11 is 1.68. The van der Waals surface area contributed by atoms with Crippen molar-refractivity contribution in [3.05, 3.63) is 40.3 Å². The molecular formula is C12H14N2OS. The highest BCUT2D eigenvalue weighted by Gasteiger charge is 2.00. The van der Waals surface area contributed by atoms with Crippen LogP contribution in [-0.4, -0.2) is 12.1 Å². The number of aromatic nitrogens is 1. The van der Waals surface area contributed by atoms with Crippen molar-refractivity contribution in [3.8, 4) is 5.75 Å². The number of pyridine rings is 1. The summed E-state index contributed by atoms with van der Waals surface area (Å²) in [5.74, 6) is 0.856. The van der Waals surface area contributed by atoms with Crippen LogP contribution in [-0.2, 0) is 6.54 Å². The quantitative estimate of drug-likeness (QED) is 0.882. The van der Waals surface area contributed by atoms with E-state index in [-0.39, 0.29) is 0 Å². The zero-order valence-corrected chi connectivity index (χ0v) is 10.2. The Hall–Kier alpha value is -1.55. The number of methoxy groups -OCH3 is 1. The summed E-state index contributed by atoms with van der Waals surface area (Å²) in [6.07, 6.45) is 0. The third-order valence-electron chi connectivity index (χ3n) is 2.21. The molecule has 0 saturated carbocycles. The van der Waals surface area contributed by atoms with Gasteiger partial charge in [0.25, 0.3) is 0 Å². The summed E-state index contributed by atoms with van der Waals surface area (Å²) < 4.78 is 5.21.